The van der Waals surface area contributed by atoms with Crippen LogP contribution in [0.15, 0.2) is 18.2 Å². The Morgan fingerprint density at radius 2 is 1.88 bits per heavy atom. The average Bonchev–Trinajstić information content (AvgIpc) is 3.23. The van der Waals surface area contributed by atoms with Crippen LogP contribution in [0.4, 0.5) is 0 Å². The lowest BCUT2D eigenvalue weighted by Gasteiger charge is -2.31. The van der Waals surface area contributed by atoms with Gasteiger partial charge in [-0.2, -0.15) is 0 Å². The maximum atomic E-state index is 12.9. The minimum Gasteiger partial charge on any atom is -0.340 e. The number of carbonyl (C=O) groups is 2. The molecule has 0 aliphatic carbocycles. The molecule has 1 N–H and O–H groups in total. The molecule has 2 aliphatic heterocycles. The van der Waals surface area contributed by atoms with Gasteiger partial charge in [0.25, 0.3) is 5.91 Å². The summed E-state index contributed by atoms with van der Waals surface area (Å²) >= 11 is 12.0. The Morgan fingerprint density at radius 1 is 1.20 bits per heavy atom. The maximum absolute atomic E-state index is 12.9. The second-order valence-electron chi connectivity index (χ2n) is 6.41. The lowest BCUT2D eigenvalue weighted by Crippen LogP contribution is -2.50. The van der Waals surface area contributed by atoms with E-state index in [0.29, 0.717) is 28.6 Å². The Balaban J connectivity index is 0.00000225. The normalized spacial score (nSPS) is 22.6. The van der Waals surface area contributed by atoms with Crippen molar-refractivity contribution < 1.29 is 9.59 Å². The van der Waals surface area contributed by atoms with Crippen molar-refractivity contribution in [3.63, 3.8) is 0 Å². The van der Waals surface area contributed by atoms with Crippen molar-refractivity contribution in [3.8, 4) is 0 Å². The third-order valence-corrected chi connectivity index (χ3v) is 5.27. The standard InChI is InChI=1S/C17H21Cl2N3O2.ClH/c1-21(14-4-5-20-10-14)17(24)15-3-2-6-22(15)16(23)11-7-12(18)9-13(19)8-11;/h7-9,14-15,20H,2-6,10H2,1H3;1H. The van der Waals surface area contributed by atoms with E-state index in [-0.39, 0.29) is 30.3 Å². The van der Waals surface area contributed by atoms with Gasteiger partial charge >= 0.3 is 0 Å². The lowest BCUT2D eigenvalue weighted by atomic mass is 10.1. The molecule has 2 atom stereocenters. The fourth-order valence-corrected chi connectivity index (χ4v) is 4.02. The van der Waals surface area contributed by atoms with Crippen molar-refractivity contribution in [1.29, 1.82) is 0 Å². The van der Waals surface area contributed by atoms with Crippen LogP contribution in [0.25, 0.3) is 0 Å². The first-order valence-corrected chi connectivity index (χ1v) is 8.97. The molecule has 0 bridgehead atoms. The molecule has 25 heavy (non-hydrogen) atoms. The first-order chi connectivity index (χ1) is 11.5. The Kier molecular flexibility index (Phi) is 6.97. The molecule has 1 aromatic carbocycles. The zero-order chi connectivity index (χ0) is 17.3. The van der Waals surface area contributed by atoms with Crippen LogP contribution in [0.5, 0.6) is 0 Å². The quantitative estimate of drug-likeness (QED) is 0.840. The minimum atomic E-state index is -0.402. The van der Waals surface area contributed by atoms with E-state index < -0.39 is 6.04 Å². The Labute approximate surface area is 164 Å². The van der Waals surface area contributed by atoms with Gasteiger partial charge in [0.2, 0.25) is 5.91 Å². The zero-order valence-corrected chi connectivity index (χ0v) is 16.3. The molecule has 0 aromatic heterocycles. The number of halogens is 3. The van der Waals surface area contributed by atoms with E-state index in [0.717, 1.165) is 25.9 Å². The number of likely N-dealkylation sites (tertiary alicyclic amines) is 1. The number of carbonyl (C=O) groups excluding carboxylic acids is 2. The molecule has 2 aliphatic rings. The average molecular weight is 407 g/mol. The molecule has 0 spiro atoms. The number of amides is 2. The first kappa shape index (κ1) is 20.3. The van der Waals surface area contributed by atoms with Crippen molar-refractivity contribution in [2.24, 2.45) is 0 Å². The molecule has 0 saturated carbocycles. The topological polar surface area (TPSA) is 52.7 Å². The summed E-state index contributed by atoms with van der Waals surface area (Å²) in [5, 5.41) is 4.10. The van der Waals surface area contributed by atoms with Crippen LogP contribution in [0.2, 0.25) is 10.0 Å². The second-order valence-corrected chi connectivity index (χ2v) is 7.28. The van der Waals surface area contributed by atoms with Crippen LogP contribution < -0.4 is 5.32 Å². The van der Waals surface area contributed by atoms with Gasteiger partial charge in [-0.15, -0.1) is 12.4 Å². The number of nitrogens with one attached hydrogen (secondary N) is 1. The number of nitrogens with zero attached hydrogens (tertiary/aromatic N) is 2. The molecule has 2 unspecified atom stereocenters. The summed E-state index contributed by atoms with van der Waals surface area (Å²) in [6, 6.07) is 4.59. The molecule has 2 amide bonds. The van der Waals surface area contributed by atoms with Crippen LogP contribution >= 0.6 is 35.6 Å². The Morgan fingerprint density at radius 3 is 2.48 bits per heavy atom. The van der Waals surface area contributed by atoms with Gasteiger partial charge in [0.05, 0.1) is 0 Å². The predicted octanol–water partition coefficient (Wildman–Crippen LogP) is 2.84. The van der Waals surface area contributed by atoms with Crippen molar-refractivity contribution in [1.82, 2.24) is 15.1 Å². The summed E-state index contributed by atoms with van der Waals surface area (Å²) in [4.78, 5) is 29.1. The van der Waals surface area contributed by atoms with E-state index in [2.05, 4.69) is 5.32 Å². The van der Waals surface area contributed by atoms with Gasteiger partial charge in [-0.1, -0.05) is 23.2 Å². The molecule has 0 radical (unpaired) electrons. The molecule has 2 fully saturated rings. The second kappa shape index (κ2) is 8.58. The minimum absolute atomic E-state index is 0. The van der Waals surface area contributed by atoms with E-state index in [1.807, 2.05) is 7.05 Å². The van der Waals surface area contributed by atoms with E-state index in [9.17, 15) is 9.59 Å². The highest BCUT2D eigenvalue weighted by Crippen LogP contribution is 2.26. The summed E-state index contributed by atoms with van der Waals surface area (Å²) in [6.07, 6.45) is 2.48. The van der Waals surface area contributed by atoms with Gasteiger partial charge < -0.3 is 15.1 Å². The number of hydrogen-bond donors (Lipinski definition) is 1. The molecular weight excluding hydrogens is 385 g/mol. The molecule has 2 heterocycles. The van der Waals surface area contributed by atoms with Crippen LogP contribution in [-0.4, -0.2) is 60.4 Å². The number of benzene rings is 1. The van der Waals surface area contributed by atoms with Crippen LogP contribution in [0, 0.1) is 0 Å². The summed E-state index contributed by atoms with van der Waals surface area (Å²) < 4.78 is 0. The molecular formula is C17H22Cl3N3O2. The maximum Gasteiger partial charge on any atom is 0.254 e. The Hall–Kier alpha value is -1.01. The third-order valence-electron chi connectivity index (χ3n) is 4.84. The van der Waals surface area contributed by atoms with Gasteiger partial charge in [-0.05, 0) is 44.0 Å². The third kappa shape index (κ3) is 4.40. The molecule has 2 saturated heterocycles. The van der Waals surface area contributed by atoms with E-state index in [1.165, 1.54) is 0 Å². The van der Waals surface area contributed by atoms with Gasteiger partial charge in [0.1, 0.15) is 6.04 Å². The molecule has 8 heteroatoms. The molecule has 5 nitrogen and oxygen atoms in total. The highest BCUT2D eigenvalue weighted by molar-refractivity contribution is 6.35. The fourth-order valence-electron chi connectivity index (χ4n) is 3.49. The monoisotopic (exact) mass is 405 g/mol. The highest BCUT2D eigenvalue weighted by atomic mass is 35.5. The van der Waals surface area contributed by atoms with Crippen LogP contribution in [0.3, 0.4) is 0 Å². The highest BCUT2D eigenvalue weighted by Gasteiger charge is 2.38. The van der Waals surface area contributed by atoms with Gasteiger partial charge in [0, 0.05) is 41.8 Å². The van der Waals surface area contributed by atoms with Crippen LogP contribution in [-0.2, 0) is 4.79 Å². The SMILES string of the molecule is CN(C(=O)C1CCCN1C(=O)c1cc(Cl)cc(Cl)c1)C1CCNC1.Cl. The van der Waals surface area contributed by atoms with E-state index in [1.54, 1.807) is 28.0 Å². The number of hydrogen-bond acceptors (Lipinski definition) is 3. The van der Waals surface area contributed by atoms with Crippen LogP contribution in [0.1, 0.15) is 29.6 Å². The van der Waals surface area contributed by atoms with Gasteiger partial charge in [-0.25, -0.2) is 0 Å². The summed E-state index contributed by atoms with van der Waals surface area (Å²) in [5.74, 6) is -0.170. The zero-order valence-electron chi connectivity index (χ0n) is 14.0. The van der Waals surface area contributed by atoms with Crippen molar-refractivity contribution in [3.05, 3.63) is 33.8 Å². The van der Waals surface area contributed by atoms with Gasteiger partial charge in [0.15, 0.2) is 0 Å². The largest absolute Gasteiger partial charge is 0.340 e. The fraction of sp³-hybridized carbons (Fsp3) is 0.529. The first-order valence-electron chi connectivity index (χ1n) is 8.22. The predicted molar refractivity (Wildman–Crippen MR) is 102 cm³/mol. The molecule has 3 rings (SSSR count). The number of likely N-dealkylation sites (N-methyl/N-ethyl adjacent to an activating group) is 1. The molecule has 1 aromatic rings. The summed E-state index contributed by atoms with van der Waals surface area (Å²) in [5.41, 5.74) is 0.428. The van der Waals surface area contributed by atoms with Crippen molar-refractivity contribution in [2.75, 3.05) is 26.7 Å². The summed E-state index contributed by atoms with van der Waals surface area (Å²) in [7, 11) is 1.83. The summed E-state index contributed by atoms with van der Waals surface area (Å²) in [6.45, 7) is 2.32. The smallest absolute Gasteiger partial charge is 0.254 e. The Bertz CT molecular complexity index is 630. The van der Waals surface area contributed by atoms with Crippen molar-refractivity contribution >= 4 is 47.4 Å². The van der Waals surface area contributed by atoms with E-state index >= 15 is 0 Å². The molecule has 138 valence electrons. The lowest BCUT2D eigenvalue weighted by molar-refractivity contribution is -0.135. The number of rotatable bonds is 3. The van der Waals surface area contributed by atoms with Crippen molar-refractivity contribution in [2.45, 2.75) is 31.3 Å². The van der Waals surface area contributed by atoms with E-state index in [4.69, 9.17) is 23.2 Å². The van der Waals surface area contributed by atoms with Gasteiger partial charge in [-0.3, -0.25) is 9.59 Å².